The second-order valence-corrected chi connectivity index (χ2v) is 4.78. The van der Waals surface area contributed by atoms with Crippen LogP contribution in [0.25, 0.3) is 0 Å². The Morgan fingerprint density at radius 2 is 1.35 bits per heavy atom. The average molecular weight is 262 g/mol. The van der Waals surface area contributed by atoms with Crippen LogP contribution in [0.5, 0.6) is 0 Å². The highest BCUT2D eigenvalue weighted by Gasteiger charge is 2.00. The van der Waals surface area contributed by atoms with Gasteiger partial charge in [-0.05, 0) is 32.4 Å². The fourth-order valence-electron chi connectivity index (χ4n) is 1.77. The molecule has 1 nitrogen and oxygen atoms in total. The van der Waals surface area contributed by atoms with Gasteiger partial charge >= 0.3 is 0 Å². The second-order valence-electron chi connectivity index (χ2n) is 4.78. The maximum atomic E-state index is 2.53. The van der Waals surface area contributed by atoms with Gasteiger partial charge < -0.3 is 4.90 Å². The van der Waals surface area contributed by atoms with E-state index in [0.717, 1.165) is 0 Å². The molecule has 0 bridgehead atoms. The van der Waals surface area contributed by atoms with Crippen LogP contribution in [0.1, 0.15) is 72.6 Å². The summed E-state index contributed by atoms with van der Waals surface area (Å²) in [6.07, 6.45) is 11.6. The number of rotatable bonds is 10. The van der Waals surface area contributed by atoms with Crippen molar-refractivity contribution in [2.75, 3.05) is 13.1 Å². The van der Waals surface area contributed by atoms with Crippen LogP contribution >= 0.6 is 12.4 Å². The Labute approximate surface area is 115 Å². The van der Waals surface area contributed by atoms with Gasteiger partial charge in [0.15, 0.2) is 0 Å². The monoisotopic (exact) mass is 261 g/mol. The van der Waals surface area contributed by atoms with Crippen LogP contribution in [0, 0.1) is 0 Å². The lowest BCUT2D eigenvalue weighted by Crippen LogP contribution is -2.20. The van der Waals surface area contributed by atoms with Crippen molar-refractivity contribution in [3.8, 4) is 0 Å². The lowest BCUT2D eigenvalue weighted by Gasteiger charge is -2.21. The van der Waals surface area contributed by atoms with E-state index in [-0.39, 0.29) is 12.4 Å². The summed E-state index contributed by atoms with van der Waals surface area (Å²) in [6.45, 7) is 11.5. The van der Waals surface area contributed by atoms with Crippen LogP contribution in [0.2, 0.25) is 0 Å². The molecule has 0 aromatic heterocycles. The standard InChI is InChI=1S/C15H31N.ClH/c1-5-8-10-12-16(13-11-9-6-2)14-15(4)7-3;/h14H,5-13H2,1-4H3;1H/b15-14+;. The first-order valence-corrected chi connectivity index (χ1v) is 7.15. The summed E-state index contributed by atoms with van der Waals surface area (Å²) in [5, 5.41) is 0. The molecular formula is C15H32ClN. The molecule has 0 rings (SSSR count). The molecule has 0 unspecified atom stereocenters. The predicted octanol–water partition coefficient (Wildman–Crippen LogP) is 5.40. The van der Waals surface area contributed by atoms with Gasteiger partial charge in [-0.2, -0.15) is 0 Å². The molecule has 0 saturated carbocycles. The van der Waals surface area contributed by atoms with Gasteiger partial charge in [0.25, 0.3) is 0 Å². The van der Waals surface area contributed by atoms with E-state index in [0.29, 0.717) is 0 Å². The maximum absolute atomic E-state index is 2.53. The Hall–Kier alpha value is -0.170. The Kier molecular flexibility index (Phi) is 15.7. The minimum Gasteiger partial charge on any atom is -0.377 e. The molecule has 0 aliphatic heterocycles. The minimum absolute atomic E-state index is 0. The predicted molar refractivity (Wildman–Crippen MR) is 81.9 cm³/mol. The van der Waals surface area contributed by atoms with E-state index < -0.39 is 0 Å². The van der Waals surface area contributed by atoms with Gasteiger partial charge in [-0.25, -0.2) is 0 Å². The van der Waals surface area contributed by atoms with Crippen LogP contribution in [-0.2, 0) is 0 Å². The fraction of sp³-hybridized carbons (Fsp3) is 0.867. The topological polar surface area (TPSA) is 3.24 Å². The number of allylic oxidation sites excluding steroid dienone is 1. The maximum Gasteiger partial charge on any atom is 0.0172 e. The van der Waals surface area contributed by atoms with Gasteiger partial charge in [-0.1, -0.05) is 52.0 Å². The molecule has 0 heterocycles. The summed E-state index contributed by atoms with van der Waals surface area (Å²) >= 11 is 0. The molecule has 0 aromatic carbocycles. The smallest absolute Gasteiger partial charge is 0.0172 e. The zero-order chi connectivity index (χ0) is 12.2. The van der Waals surface area contributed by atoms with Crippen molar-refractivity contribution in [1.82, 2.24) is 4.90 Å². The molecule has 0 radical (unpaired) electrons. The molecule has 0 spiro atoms. The van der Waals surface area contributed by atoms with E-state index in [4.69, 9.17) is 0 Å². The van der Waals surface area contributed by atoms with Crippen LogP contribution in [-0.4, -0.2) is 18.0 Å². The number of unbranched alkanes of at least 4 members (excludes halogenated alkanes) is 4. The molecule has 17 heavy (non-hydrogen) atoms. The second kappa shape index (κ2) is 13.9. The molecule has 0 N–H and O–H groups in total. The van der Waals surface area contributed by atoms with Gasteiger partial charge in [0, 0.05) is 13.1 Å². The third-order valence-corrected chi connectivity index (χ3v) is 3.06. The highest BCUT2D eigenvalue weighted by Crippen LogP contribution is 2.07. The Bertz CT molecular complexity index is 168. The van der Waals surface area contributed by atoms with E-state index in [1.807, 2.05) is 0 Å². The number of hydrogen-bond donors (Lipinski definition) is 0. The van der Waals surface area contributed by atoms with Gasteiger partial charge in [0.1, 0.15) is 0 Å². The molecule has 0 saturated heterocycles. The van der Waals surface area contributed by atoms with Crippen molar-refractivity contribution in [1.29, 1.82) is 0 Å². The average Bonchev–Trinajstić information content (AvgIpc) is 2.29. The SMILES string of the molecule is CCCCCN(/C=C(\C)CC)CCCCC.Cl. The molecule has 2 heteroatoms. The van der Waals surface area contributed by atoms with Gasteiger partial charge in [-0.3, -0.25) is 0 Å². The van der Waals surface area contributed by atoms with Crippen molar-refractivity contribution in [3.05, 3.63) is 11.8 Å². The highest BCUT2D eigenvalue weighted by molar-refractivity contribution is 5.85. The Morgan fingerprint density at radius 3 is 1.71 bits per heavy atom. The van der Waals surface area contributed by atoms with Crippen molar-refractivity contribution in [3.63, 3.8) is 0 Å². The van der Waals surface area contributed by atoms with Crippen molar-refractivity contribution < 1.29 is 0 Å². The summed E-state index contributed by atoms with van der Waals surface area (Å²) in [5.74, 6) is 0. The summed E-state index contributed by atoms with van der Waals surface area (Å²) in [5.41, 5.74) is 1.51. The Balaban J connectivity index is 0. The van der Waals surface area contributed by atoms with E-state index in [1.165, 1.54) is 63.6 Å². The fourth-order valence-corrected chi connectivity index (χ4v) is 1.77. The van der Waals surface area contributed by atoms with E-state index in [1.54, 1.807) is 0 Å². The van der Waals surface area contributed by atoms with Crippen molar-refractivity contribution in [2.24, 2.45) is 0 Å². The zero-order valence-electron chi connectivity index (χ0n) is 12.3. The lowest BCUT2D eigenvalue weighted by molar-refractivity contribution is 0.351. The van der Waals surface area contributed by atoms with E-state index >= 15 is 0 Å². The first-order valence-electron chi connectivity index (χ1n) is 7.15. The van der Waals surface area contributed by atoms with Gasteiger partial charge in [0.2, 0.25) is 0 Å². The molecule has 0 aliphatic rings. The van der Waals surface area contributed by atoms with E-state index in [2.05, 4.69) is 38.8 Å². The quantitative estimate of drug-likeness (QED) is 0.476. The first kappa shape index (κ1) is 19.2. The third-order valence-electron chi connectivity index (χ3n) is 3.06. The molecular weight excluding hydrogens is 230 g/mol. The minimum atomic E-state index is 0. The van der Waals surface area contributed by atoms with Crippen LogP contribution in [0.3, 0.4) is 0 Å². The molecule has 104 valence electrons. The number of halogens is 1. The van der Waals surface area contributed by atoms with Gasteiger partial charge in [-0.15, -0.1) is 12.4 Å². The van der Waals surface area contributed by atoms with Crippen LogP contribution in [0.15, 0.2) is 11.8 Å². The summed E-state index contributed by atoms with van der Waals surface area (Å²) in [4.78, 5) is 2.53. The Morgan fingerprint density at radius 1 is 0.882 bits per heavy atom. The number of hydrogen-bond acceptors (Lipinski definition) is 1. The molecule has 0 aliphatic carbocycles. The first-order chi connectivity index (χ1) is 7.74. The van der Waals surface area contributed by atoms with Crippen LogP contribution < -0.4 is 0 Å². The van der Waals surface area contributed by atoms with Crippen molar-refractivity contribution in [2.45, 2.75) is 72.6 Å². The van der Waals surface area contributed by atoms with Gasteiger partial charge in [0.05, 0.1) is 0 Å². The zero-order valence-corrected chi connectivity index (χ0v) is 13.1. The molecule has 0 atom stereocenters. The summed E-state index contributed by atoms with van der Waals surface area (Å²) < 4.78 is 0. The molecule has 0 amide bonds. The number of nitrogens with zero attached hydrogens (tertiary/aromatic N) is 1. The summed E-state index contributed by atoms with van der Waals surface area (Å²) in [6, 6.07) is 0. The lowest BCUT2D eigenvalue weighted by atomic mass is 10.2. The highest BCUT2D eigenvalue weighted by atomic mass is 35.5. The van der Waals surface area contributed by atoms with Crippen LogP contribution in [0.4, 0.5) is 0 Å². The van der Waals surface area contributed by atoms with E-state index in [9.17, 15) is 0 Å². The summed E-state index contributed by atoms with van der Waals surface area (Å²) in [7, 11) is 0. The molecule has 0 aromatic rings. The largest absolute Gasteiger partial charge is 0.377 e. The third kappa shape index (κ3) is 12.1. The van der Waals surface area contributed by atoms with Crippen molar-refractivity contribution >= 4 is 12.4 Å². The molecule has 0 fully saturated rings. The normalized spacial score (nSPS) is 11.2.